The number of H-pyrrole nitrogens is 1. The summed E-state index contributed by atoms with van der Waals surface area (Å²) in [5.74, 6) is 0.735. The largest absolute Gasteiger partial charge is 0.416 e. The van der Waals surface area contributed by atoms with Gasteiger partial charge in [0.1, 0.15) is 0 Å². The Labute approximate surface area is 205 Å². The van der Waals surface area contributed by atoms with Gasteiger partial charge in [-0.25, -0.2) is 4.98 Å². The van der Waals surface area contributed by atoms with Gasteiger partial charge in [-0.05, 0) is 30.7 Å². The lowest BCUT2D eigenvalue weighted by Gasteiger charge is -2.36. The summed E-state index contributed by atoms with van der Waals surface area (Å²) >= 11 is 0. The van der Waals surface area contributed by atoms with Crippen LogP contribution < -0.4 is 15.8 Å². The number of rotatable bonds is 6. The van der Waals surface area contributed by atoms with Crippen molar-refractivity contribution in [1.82, 2.24) is 24.5 Å². The zero-order valence-corrected chi connectivity index (χ0v) is 19.7. The Bertz CT molecular complexity index is 1400. The van der Waals surface area contributed by atoms with Crippen molar-refractivity contribution in [2.24, 2.45) is 0 Å². The molecule has 188 valence electrons. The van der Waals surface area contributed by atoms with Crippen molar-refractivity contribution >= 4 is 17.4 Å². The van der Waals surface area contributed by atoms with Crippen molar-refractivity contribution in [3.05, 3.63) is 87.3 Å². The second kappa shape index (κ2) is 9.65. The van der Waals surface area contributed by atoms with Crippen molar-refractivity contribution in [3.63, 3.8) is 0 Å². The molecule has 1 saturated heterocycles. The molecule has 11 heteroatoms. The molecule has 8 nitrogen and oxygen atoms in total. The van der Waals surface area contributed by atoms with Gasteiger partial charge < -0.3 is 10.2 Å². The highest BCUT2D eigenvalue weighted by atomic mass is 19.4. The SMILES string of the molecule is Cc1ccc(CNc2nc3nc(CN4CCN(c5cccc(C(F)(F)F)c5)CC4)cc(=O)n3[nH]2)cc1. The standard InChI is InChI=1S/C25H26F3N7O/c1-17-5-7-18(8-6-17)15-29-23-31-24-30-20(14-22(36)35(24)32-23)16-33-9-11-34(12-10-33)21-4-2-3-19(13-21)25(26,27)28/h2-8,13-14H,9-12,15-16H2,1H3,(H2,29,30,31,32). The average Bonchev–Trinajstić information content (AvgIpc) is 3.27. The molecule has 36 heavy (non-hydrogen) atoms. The minimum atomic E-state index is -4.36. The number of piperazine rings is 1. The molecule has 0 unspecified atom stereocenters. The van der Waals surface area contributed by atoms with Crippen molar-refractivity contribution in [1.29, 1.82) is 0 Å². The van der Waals surface area contributed by atoms with Crippen LogP contribution >= 0.6 is 0 Å². The minimum Gasteiger partial charge on any atom is -0.369 e. The molecule has 1 fully saturated rings. The van der Waals surface area contributed by atoms with E-state index >= 15 is 0 Å². The van der Waals surface area contributed by atoms with E-state index in [9.17, 15) is 18.0 Å². The van der Waals surface area contributed by atoms with Gasteiger partial charge in [0.25, 0.3) is 11.3 Å². The highest BCUT2D eigenvalue weighted by Gasteiger charge is 2.31. The molecule has 0 atom stereocenters. The number of benzene rings is 2. The lowest BCUT2D eigenvalue weighted by Crippen LogP contribution is -2.46. The van der Waals surface area contributed by atoms with E-state index in [1.165, 1.54) is 28.3 Å². The first-order chi connectivity index (χ1) is 17.2. The van der Waals surface area contributed by atoms with E-state index in [-0.39, 0.29) is 11.3 Å². The number of aromatic amines is 1. The molecule has 0 spiro atoms. The van der Waals surface area contributed by atoms with Crippen LogP contribution in [0.15, 0.2) is 59.4 Å². The van der Waals surface area contributed by atoms with Gasteiger partial charge in [-0.3, -0.25) is 14.8 Å². The average molecular weight is 498 g/mol. The van der Waals surface area contributed by atoms with Gasteiger partial charge in [0.05, 0.1) is 11.3 Å². The van der Waals surface area contributed by atoms with Crippen LogP contribution in [-0.4, -0.2) is 50.7 Å². The van der Waals surface area contributed by atoms with E-state index in [4.69, 9.17) is 0 Å². The molecule has 1 aliphatic rings. The summed E-state index contributed by atoms with van der Waals surface area (Å²) in [6.45, 7) is 5.49. The Hall–Kier alpha value is -3.86. The number of hydrogen-bond donors (Lipinski definition) is 2. The number of halogens is 3. The predicted octanol–water partition coefficient (Wildman–Crippen LogP) is 3.68. The Morgan fingerprint density at radius 1 is 1.00 bits per heavy atom. The Morgan fingerprint density at radius 2 is 1.75 bits per heavy atom. The molecule has 2 aromatic heterocycles. The molecule has 2 N–H and O–H groups in total. The molecule has 0 radical (unpaired) electrons. The number of hydrogen-bond acceptors (Lipinski definition) is 6. The lowest BCUT2D eigenvalue weighted by atomic mass is 10.1. The van der Waals surface area contributed by atoms with Crippen molar-refractivity contribution in [2.75, 3.05) is 36.4 Å². The maximum absolute atomic E-state index is 13.0. The zero-order valence-electron chi connectivity index (χ0n) is 19.7. The smallest absolute Gasteiger partial charge is 0.369 e. The maximum atomic E-state index is 13.0. The van der Waals surface area contributed by atoms with Crippen LogP contribution in [0, 0.1) is 6.92 Å². The third-order valence-corrected chi connectivity index (χ3v) is 6.26. The Balaban J connectivity index is 1.21. The van der Waals surface area contributed by atoms with E-state index < -0.39 is 11.7 Å². The number of anilines is 2. The third-order valence-electron chi connectivity index (χ3n) is 6.26. The molecule has 1 aliphatic heterocycles. The molecule has 5 rings (SSSR count). The highest BCUT2D eigenvalue weighted by Crippen LogP contribution is 2.32. The van der Waals surface area contributed by atoms with Gasteiger partial charge in [0.15, 0.2) is 0 Å². The summed E-state index contributed by atoms with van der Waals surface area (Å²) in [6, 6.07) is 15.0. The number of nitrogens with one attached hydrogen (secondary N) is 2. The predicted molar refractivity (Wildman–Crippen MR) is 131 cm³/mol. The summed E-state index contributed by atoms with van der Waals surface area (Å²) in [5, 5.41) is 6.11. The van der Waals surface area contributed by atoms with E-state index in [0.717, 1.165) is 11.6 Å². The number of nitrogens with zero attached hydrogens (tertiary/aromatic N) is 5. The van der Waals surface area contributed by atoms with Crippen LogP contribution in [-0.2, 0) is 19.3 Å². The monoisotopic (exact) mass is 497 g/mol. The molecule has 0 bridgehead atoms. The first kappa shape index (κ1) is 23.9. The molecular weight excluding hydrogens is 471 g/mol. The van der Waals surface area contributed by atoms with Crippen molar-refractivity contribution in [2.45, 2.75) is 26.2 Å². The van der Waals surface area contributed by atoms with E-state index in [1.54, 1.807) is 6.07 Å². The fourth-order valence-electron chi connectivity index (χ4n) is 4.25. The Morgan fingerprint density at radius 3 is 2.47 bits per heavy atom. The summed E-state index contributed by atoms with van der Waals surface area (Å²) < 4.78 is 40.4. The van der Waals surface area contributed by atoms with E-state index in [1.807, 2.05) is 36.1 Å². The normalized spacial score (nSPS) is 14.9. The maximum Gasteiger partial charge on any atom is 0.416 e. The summed E-state index contributed by atoms with van der Waals surface area (Å²) in [5.41, 5.74) is 2.53. The van der Waals surface area contributed by atoms with Gasteiger partial charge >= 0.3 is 6.18 Å². The van der Waals surface area contributed by atoms with Gasteiger partial charge in [0.2, 0.25) is 5.95 Å². The number of fused-ring (bicyclic) bond motifs is 1. The molecule has 2 aromatic carbocycles. The van der Waals surface area contributed by atoms with Crippen molar-refractivity contribution < 1.29 is 13.2 Å². The fraction of sp³-hybridized carbons (Fsp3) is 0.320. The number of aryl methyl sites for hydroxylation is 1. The van der Waals surface area contributed by atoms with Crippen LogP contribution in [0.4, 0.5) is 24.8 Å². The van der Waals surface area contributed by atoms with Gasteiger partial charge in [0, 0.05) is 51.0 Å². The van der Waals surface area contributed by atoms with Crippen LogP contribution in [0.3, 0.4) is 0 Å². The van der Waals surface area contributed by atoms with E-state index in [2.05, 4.69) is 25.3 Å². The van der Waals surface area contributed by atoms with Gasteiger partial charge in [-0.2, -0.15) is 22.7 Å². The quantitative estimate of drug-likeness (QED) is 0.423. The minimum absolute atomic E-state index is 0.256. The van der Waals surface area contributed by atoms with Gasteiger partial charge in [-0.15, -0.1) is 0 Å². The van der Waals surface area contributed by atoms with Crippen molar-refractivity contribution in [3.8, 4) is 0 Å². The highest BCUT2D eigenvalue weighted by molar-refractivity contribution is 5.49. The molecular formula is C25H26F3N7O. The third kappa shape index (κ3) is 5.35. The first-order valence-corrected chi connectivity index (χ1v) is 11.7. The summed E-state index contributed by atoms with van der Waals surface area (Å²) in [6.07, 6.45) is -4.36. The van der Waals surface area contributed by atoms with Crippen LogP contribution in [0.5, 0.6) is 0 Å². The Kier molecular flexibility index (Phi) is 6.40. The topological polar surface area (TPSA) is 81.6 Å². The fourth-order valence-corrected chi connectivity index (χ4v) is 4.25. The molecule has 0 saturated carbocycles. The molecule has 0 aliphatic carbocycles. The zero-order chi connectivity index (χ0) is 25.3. The first-order valence-electron chi connectivity index (χ1n) is 11.7. The molecule has 3 heterocycles. The number of aromatic nitrogens is 4. The van der Waals surface area contributed by atoms with Crippen LogP contribution in [0.2, 0.25) is 0 Å². The molecule has 4 aromatic rings. The summed E-state index contributed by atoms with van der Waals surface area (Å²) in [4.78, 5) is 25.6. The summed E-state index contributed by atoms with van der Waals surface area (Å²) in [7, 11) is 0. The molecule has 0 amide bonds. The van der Waals surface area contributed by atoms with Gasteiger partial charge in [-0.1, -0.05) is 35.9 Å². The van der Waals surface area contributed by atoms with E-state index in [0.29, 0.717) is 56.6 Å². The lowest BCUT2D eigenvalue weighted by molar-refractivity contribution is -0.137. The van der Waals surface area contributed by atoms with Crippen LogP contribution in [0.25, 0.3) is 5.78 Å². The number of alkyl halides is 3. The second-order valence-electron chi connectivity index (χ2n) is 8.94. The second-order valence-corrected chi connectivity index (χ2v) is 8.94. The van der Waals surface area contributed by atoms with Crippen LogP contribution in [0.1, 0.15) is 22.4 Å².